The van der Waals surface area contributed by atoms with Gasteiger partial charge in [-0.2, -0.15) is 0 Å². The fourth-order valence-electron chi connectivity index (χ4n) is 1.65. The highest BCUT2D eigenvalue weighted by Gasteiger charge is 2.14. The van der Waals surface area contributed by atoms with Gasteiger partial charge in [-0.25, -0.2) is 0 Å². The van der Waals surface area contributed by atoms with Crippen LogP contribution < -0.4 is 5.32 Å². The topological polar surface area (TPSA) is 103 Å². The maximum absolute atomic E-state index is 11.2. The summed E-state index contributed by atoms with van der Waals surface area (Å²) in [5.74, 6) is 0.634. The molecular weight excluding hydrogens is 294 g/mol. The van der Waals surface area contributed by atoms with Gasteiger partial charge in [0.2, 0.25) is 5.91 Å². The molecule has 110 valence electrons. The molecule has 21 heavy (non-hydrogen) atoms. The van der Waals surface area contributed by atoms with Crippen LogP contribution in [0, 0.1) is 10.1 Å². The van der Waals surface area contributed by atoms with Crippen molar-refractivity contribution >= 4 is 23.4 Å². The fraction of sp³-hybridized carbons (Fsp3) is 0.250. The summed E-state index contributed by atoms with van der Waals surface area (Å²) in [6.45, 7) is 0. The van der Waals surface area contributed by atoms with E-state index in [1.807, 2.05) is 0 Å². The second kappa shape index (κ2) is 6.35. The van der Waals surface area contributed by atoms with Crippen LogP contribution in [0.2, 0.25) is 0 Å². The number of nitro benzene ring substituents is 1. The molecule has 1 aromatic carbocycles. The summed E-state index contributed by atoms with van der Waals surface area (Å²) in [4.78, 5) is 21.6. The molecule has 0 fully saturated rings. The first-order valence-electron chi connectivity index (χ1n) is 6.00. The second-order valence-corrected chi connectivity index (χ2v) is 5.08. The molecule has 0 saturated heterocycles. The van der Waals surface area contributed by atoms with E-state index in [1.54, 1.807) is 30.8 Å². The van der Waals surface area contributed by atoms with Crippen LogP contribution in [0.5, 0.6) is 0 Å². The van der Waals surface area contributed by atoms with E-state index in [-0.39, 0.29) is 17.3 Å². The Morgan fingerprint density at radius 3 is 2.90 bits per heavy atom. The van der Waals surface area contributed by atoms with Crippen LogP contribution in [-0.4, -0.2) is 38.4 Å². The number of hydrogen-bond donors (Lipinski definition) is 1. The molecule has 0 saturated carbocycles. The van der Waals surface area contributed by atoms with Crippen LogP contribution >= 0.6 is 11.8 Å². The highest BCUT2D eigenvalue weighted by atomic mass is 32.2. The van der Waals surface area contributed by atoms with Crippen LogP contribution in [0.15, 0.2) is 29.4 Å². The predicted octanol–water partition coefficient (Wildman–Crippen LogP) is 1.23. The van der Waals surface area contributed by atoms with Crippen LogP contribution in [-0.2, 0) is 11.8 Å². The second-order valence-electron chi connectivity index (χ2n) is 4.13. The number of amides is 1. The van der Waals surface area contributed by atoms with Gasteiger partial charge in [0, 0.05) is 31.8 Å². The molecule has 1 N–H and O–H groups in total. The standard InChI is InChI=1S/C12H13N5O3S/c1-13-10(18)7-21-12-15-14-11(16(12)2)8-4-3-5-9(6-8)17(19)20/h3-6H,7H2,1-2H3,(H,13,18). The number of rotatable bonds is 5. The molecule has 1 amide bonds. The number of nitrogens with zero attached hydrogens (tertiary/aromatic N) is 4. The molecule has 2 rings (SSSR count). The van der Waals surface area contributed by atoms with Crippen molar-refractivity contribution in [2.24, 2.45) is 7.05 Å². The molecule has 2 aromatic rings. The Morgan fingerprint density at radius 1 is 1.48 bits per heavy atom. The van der Waals surface area contributed by atoms with Crippen molar-refractivity contribution in [3.05, 3.63) is 34.4 Å². The molecular formula is C12H13N5O3S. The molecule has 0 atom stereocenters. The van der Waals surface area contributed by atoms with Gasteiger partial charge in [-0.05, 0) is 0 Å². The predicted molar refractivity (Wildman–Crippen MR) is 77.9 cm³/mol. The Hall–Kier alpha value is -2.42. The van der Waals surface area contributed by atoms with Crippen molar-refractivity contribution in [2.45, 2.75) is 5.16 Å². The third-order valence-corrected chi connectivity index (χ3v) is 3.78. The summed E-state index contributed by atoms with van der Waals surface area (Å²) in [5, 5.41) is 21.9. The number of thioether (sulfide) groups is 1. The summed E-state index contributed by atoms with van der Waals surface area (Å²) in [6, 6.07) is 6.18. The zero-order chi connectivity index (χ0) is 15.4. The number of carbonyl (C=O) groups excluding carboxylic acids is 1. The third-order valence-electron chi connectivity index (χ3n) is 2.76. The first-order valence-corrected chi connectivity index (χ1v) is 6.99. The maximum Gasteiger partial charge on any atom is 0.270 e. The van der Waals surface area contributed by atoms with Gasteiger partial charge in [0.15, 0.2) is 11.0 Å². The highest BCUT2D eigenvalue weighted by Crippen LogP contribution is 2.25. The molecule has 0 unspecified atom stereocenters. The number of non-ortho nitro benzene ring substituents is 1. The quantitative estimate of drug-likeness (QED) is 0.506. The number of carbonyl (C=O) groups is 1. The zero-order valence-electron chi connectivity index (χ0n) is 11.4. The lowest BCUT2D eigenvalue weighted by Crippen LogP contribution is -2.20. The number of benzene rings is 1. The van der Waals surface area contributed by atoms with Gasteiger partial charge in [-0.1, -0.05) is 23.9 Å². The van der Waals surface area contributed by atoms with Crippen molar-refractivity contribution in [3.63, 3.8) is 0 Å². The summed E-state index contributed by atoms with van der Waals surface area (Å²) >= 11 is 1.25. The van der Waals surface area contributed by atoms with Crippen molar-refractivity contribution in [3.8, 4) is 11.4 Å². The van der Waals surface area contributed by atoms with E-state index >= 15 is 0 Å². The van der Waals surface area contributed by atoms with E-state index in [1.165, 1.54) is 23.9 Å². The average molecular weight is 307 g/mol. The van der Waals surface area contributed by atoms with Gasteiger partial charge >= 0.3 is 0 Å². The van der Waals surface area contributed by atoms with Crippen LogP contribution in [0.4, 0.5) is 5.69 Å². The van der Waals surface area contributed by atoms with Gasteiger partial charge in [0.1, 0.15) is 0 Å². The number of nitro groups is 1. The minimum absolute atomic E-state index is 0.00457. The molecule has 0 aliphatic rings. The first-order chi connectivity index (χ1) is 10.0. The normalized spacial score (nSPS) is 10.4. The smallest absolute Gasteiger partial charge is 0.270 e. The first kappa shape index (κ1) is 15.0. The van der Waals surface area contributed by atoms with Crippen LogP contribution in [0.3, 0.4) is 0 Å². The van der Waals surface area contributed by atoms with Gasteiger partial charge < -0.3 is 9.88 Å². The molecule has 0 aliphatic carbocycles. The Labute approximate surface area is 124 Å². The fourth-order valence-corrected chi connectivity index (χ4v) is 2.44. The molecule has 1 aromatic heterocycles. The van der Waals surface area contributed by atoms with Crippen LogP contribution in [0.1, 0.15) is 0 Å². The van der Waals surface area contributed by atoms with Crippen molar-refractivity contribution < 1.29 is 9.72 Å². The lowest BCUT2D eigenvalue weighted by atomic mass is 10.2. The highest BCUT2D eigenvalue weighted by molar-refractivity contribution is 7.99. The van der Waals surface area contributed by atoms with E-state index in [4.69, 9.17) is 0 Å². The van der Waals surface area contributed by atoms with E-state index in [0.29, 0.717) is 16.5 Å². The largest absolute Gasteiger partial charge is 0.358 e. The number of aromatic nitrogens is 3. The average Bonchev–Trinajstić information content (AvgIpc) is 2.86. The van der Waals surface area contributed by atoms with E-state index < -0.39 is 4.92 Å². The van der Waals surface area contributed by atoms with Crippen molar-refractivity contribution in [1.82, 2.24) is 20.1 Å². The van der Waals surface area contributed by atoms with Crippen LogP contribution in [0.25, 0.3) is 11.4 Å². The molecule has 0 spiro atoms. The maximum atomic E-state index is 11.2. The zero-order valence-corrected chi connectivity index (χ0v) is 12.3. The summed E-state index contributed by atoms with van der Waals surface area (Å²) in [5.41, 5.74) is 0.598. The van der Waals surface area contributed by atoms with Crippen molar-refractivity contribution in [2.75, 3.05) is 12.8 Å². The molecule has 0 radical (unpaired) electrons. The molecule has 0 bridgehead atoms. The Kier molecular flexibility index (Phi) is 4.53. The van der Waals surface area contributed by atoms with Crippen molar-refractivity contribution in [1.29, 1.82) is 0 Å². The molecule has 8 nitrogen and oxygen atoms in total. The lowest BCUT2D eigenvalue weighted by molar-refractivity contribution is -0.384. The van der Waals surface area contributed by atoms with E-state index in [0.717, 1.165) is 0 Å². The van der Waals surface area contributed by atoms with E-state index in [2.05, 4.69) is 15.5 Å². The summed E-state index contributed by atoms with van der Waals surface area (Å²) < 4.78 is 1.70. The van der Waals surface area contributed by atoms with Gasteiger partial charge in [0.05, 0.1) is 10.7 Å². The minimum Gasteiger partial charge on any atom is -0.358 e. The Balaban J connectivity index is 2.25. The van der Waals surface area contributed by atoms with Gasteiger partial charge in [-0.3, -0.25) is 14.9 Å². The summed E-state index contributed by atoms with van der Waals surface area (Å²) in [7, 11) is 3.31. The monoisotopic (exact) mass is 307 g/mol. The Bertz CT molecular complexity index is 685. The molecule has 1 heterocycles. The van der Waals surface area contributed by atoms with Gasteiger partial charge in [0.25, 0.3) is 5.69 Å². The SMILES string of the molecule is CNC(=O)CSc1nnc(-c2cccc([N+](=O)[O-])c2)n1C. The number of nitrogens with one attached hydrogen (secondary N) is 1. The minimum atomic E-state index is -0.457. The lowest BCUT2D eigenvalue weighted by Gasteiger charge is -2.03. The number of hydrogen-bond acceptors (Lipinski definition) is 6. The van der Waals surface area contributed by atoms with Gasteiger partial charge in [-0.15, -0.1) is 10.2 Å². The molecule has 9 heteroatoms. The molecule has 0 aliphatic heterocycles. The summed E-state index contributed by atoms with van der Waals surface area (Å²) in [6.07, 6.45) is 0. The Morgan fingerprint density at radius 2 is 2.24 bits per heavy atom. The third kappa shape index (κ3) is 3.37. The van der Waals surface area contributed by atoms with E-state index in [9.17, 15) is 14.9 Å².